The Labute approximate surface area is 148 Å². The van der Waals surface area contributed by atoms with Crippen LogP contribution in [-0.2, 0) is 20.8 Å². The van der Waals surface area contributed by atoms with Crippen molar-refractivity contribution >= 4 is 17.8 Å². The molecule has 1 aromatic carbocycles. The zero-order valence-electron chi connectivity index (χ0n) is 14.8. The molecule has 1 aliphatic heterocycles. The molecule has 7 heteroatoms. The van der Waals surface area contributed by atoms with E-state index in [0.29, 0.717) is 25.3 Å². The van der Waals surface area contributed by atoms with Crippen LogP contribution < -0.4 is 10.3 Å². The van der Waals surface area contributed by atoms with Gasteiger partial charge in [-0.2, -0.15) is 5.10 Å². The summed E-state index contributed by atoms with van der Waals surface area (Å²) >= 11 is 0. The molecule has 1 fully saturated rings. The second kappa shape index (κ2) is 9.78. The van der Waals surface area contributed by atoms with Crippen molar-refractivity contribution in [2.24, 2.45) is 11.0 Å². The Kier molecular flexibility index (Phi) is 7.40. The quantitative estimate of drug-likeness (QED) is 0.587. The van der Waals surface area contributed by atoms with Gasteiger partial charge in [-0.1, -0.05) is 30.3 Å². The van der Waals surface area contributed by atoms with Crippen molar-refractivity contribution in [2.45, 2.75) is 26.8 Å². The van der Waals surface area contributed by atoms with Crippen LogP contribution in [0.2, 0.25) is 0 Å². The third-order valence-corrected chi connectivity index (χ3v) is 4.06. The molecule has 0 bridgehead atoms. The lowest BCUT2D eigenvalue weighted by Crippen LogP contribution is -3.13. The van der Waals surface area contributed by atoms with Gasteiger partial charge in [-0.25, -0.2) is 10.2 Å². The molecular formula is C18H26N3O4+. The molecule has 1 aromatic rings. The highest BCUT2D eigenvalue weighted by Gasteiger charge is 2.35. The van der Waals surface area contributed by atoms with E-state index >= 15 is 0 Å². The summed E-state index contributed by atoms with van der Waals surface area (Å²) in [6, 6.07) is 10.2. The minimum atomic E-state index is -0.614. The lowest BCUT2D eigenvalue weighted by atomic mass is 9.95. The highest BCUT2D eigenvalue weighted by molar-refractivity contribution is 6.02. The number of hydrogen-bond acceptors (Lipinski definition) is 5. The first-order chi connectivity index (χ1) is 12.1. The number of nitrogens with one attached hydrogen (secondary N) is 2. The van der Waals surface area contributed by atoms with E-state index in [1.807, 2.05) is 18.2 Å². The van der Waals surface area contributed by atoms with Crippen LogP contribution in [0, 0.1) is 5.92 Å². The predicted octanol–water partition coefficient (Wildman–Crippen LogP) is 0.757. The van der Waals surface area contributed by atoms with E-state index in [1.165, 1.54) is 10.5 Å². The van der Waals surface area contributed by atoms with E-state index in [0.717, 1.165) is 13.1 Å². The zero-order chi connectivity index (χ0) is 18.1. The van der Waals surface area contributed by atoms with Crippen LogP contribution in [0.1, 0.15) is 25.8 Å². The number of carbonyl (C=O) groups excluding carboxylic acids is 2. The Morgan fingerprint density at radius 2 is 1.92 bits per heavy atom. The molecule has 1 amide bonds. The summed E-state index contributed by atoms with van der Waals surface area (Å²) in [4.78, 5) is 25.0. The van der Waals surface area contributed by atoms with E-state index < -0.39 is 12.0 Å². The van der Waals surface area contributed by atoms with E-state index in [1.54, 1.807) is 13.8 Å². The SMILES string of the molecule is CCOC(=O)N/N=C1/CC[NH+](Cc2ccccc2)C[C@H]1C(=O)OCC. The Bertz CT molecular complexity index is 604. The van der Waals surface area contributed by atoms with Crippen molar-refractivity contribution in [3.8, 4) is 0 Å². The van der Waals surface area contributed by atoms with Gasteiger partial charge < -0.3 is 14.4 Å². The van der Waals surface area contributed by atoms with Gasteiger partial charge in [0.1, 0.15) is 12.5 Å². The Hall–Kier alpha value is -2.41. The third kappa shape index (κ3) is 5.86. The number of nitrogens with zero attached hydrogens (tertiary/aromatic N) is 1. The number of amides is 1. The van der Waals surface area contributed by atoms with Crippen LogP contribution in [0.4, 0.5) is 4.79 Å². The number of likely N-dealkylation sites (tertiary alicyclic amines) is 1. The molecule has 1 heterocycles. The predicted molar refractivity (Wildman–Crippen MR) is 93.2 cm³/mol. The van der Waals surface area contributed by atoms with Gasteiger partial charge in [0.05, 0.1) is 32.0 Å². The van der Waals surface area contributed by atoms with Crippen LogP contribution in [0.25, 0.3) is 0 Å². The summed E-state index contributed by atoms with van der Waals surface area (Å²) in [5, 5.41) is 4.11. The maximum Gasteiger partial charge on any atom is 0.427 e. The largest absolute Gasteiger partial charge is 0.465 e. The number of hydrazone groups is 1. The summed E-state index contributed by atoms with van der Waals surface area (Å²) in [6.07, 6.45) is 0.00887. The van der Waals surface area contributed by atoms with Crippen molar-refractivity contribution in [2.75, 3.05) is 26.3 Å². The molecule has 0 spiro atoms. The Morgan fingerprint density at radius 3 is 2.60 bits per heavy atom. The fourth-order valence-corrected chi connectivity index (χ4v) is 2.91. The first-order valence-corrected chi connectivity index (χ1v) is 8.67. The summed E-state index contributed by atoms with van der Waals surface area (Å²) in [7, 11) is 0. The number of piperidine rings is 1. The van der Waals surface area contributed by atoms with Crippen LogP contribution in [0.5, 0.6) is 0 Å². The molecule has 1 saturated heterocycles. The molecule has 1 aliphatic rings. The number of esters is 1. The molecule has 25 heavy (non-hydrogen) atoms. The van der Waals surface area contributed by atoms with Crippen molar-refractivity contribution < 1.29 is 24.0 Å². The number of carbonyl (C=O) groups is 2. The summed E-state index contributed by atoms with van der Waals surface area (Å²) in [6.45, 7) is 6.37. The van der Waals surface area contributed by atoms with Gasteiger partial charge in [-0.3, -0.25) is 4.79 Å². The topological polar surface area (TPSA) is 81.4 Å². The minimum absolute atomic E-state index is 0.271. The van der Waals surface area contributed by atoms with Crippen molar-refractivity contribution in [1.29, 1.82) is 0 Å². The van der Waals surface area contributed by atoms with Crippen molar-refractivity contribution in [3.05, 3.63) is 35.9 Å². The smallest absolute Gasteiger partial charge is 0.427 e. The number of hydrogen-bond donors (Lipinski definition) is 2. The molecule has 2 N–H and O–H groups in total. The van der Waals surface area contributed by atoms with Crippen LogP contribution in [-0.4, -0.2) is 44.1 Å². The average Bonchev–Trinajstić information content (AvgIpc) is 2.62. The van der Waals surface area contributed by atoms with Gasteiger partial charge in [0.15, 0.2) is 0 Å². The van der Waals surface area contributed by atoms with Gasteiger partial charge in [0, 0.05) is 12.0 Å². The molecule has 136 valence electrons. The van der Waals surface area contributed by atoms with Gasteiger partial charge in [-0.05, 0) is 13.8 Å². The van der Waals surface area contributed by atoms with Crippen molar-refractivity contribution in [1.82, 2.24) is 5.43 Å². The Morgan fingerprint density at radius 1 is 1.20 bits per heavy atom. The molecule has 0 aromatic heterocycles. The molecule has 7 nitrogen and oxygen atoms in total. The summed E-state index contributed by atoms with van der Waals surface area (Å²) in [5.41, 5.74) is 4.22. The number of quaternary nitrogens is 1. The van der Waals surface area contributed by atoms with Gasteiger partial charge in [0.25, 0.3) is 0 Å². The highest BCUT2D eigenvalue weighted by Crippen LogP contribution is 2.09. The zero-order valence-corrected chi connectivity index (χ0v) is 14.8. The summed E-state index contributed by atoms with van der Waals surface area (Å²) < 4.78 is 9.99. The monoisotopic (exact) mass is 348 g/mol. The first-order valence-electron chi connectivity index (χ1n) is 8.67. The molecule has 2 rings (SSSR count). The van der Waals surface area contributed by atoms with Crippen molar-refractivity contribution in [3.63, 3.8) is 0 Å². The number of ether oxygens (including phenoxy) is 2. The van der Waals surface area contributed by atoms with Gasteiger partial charge >= 0.3 is 12.1 Å². The maximum atomic E-state index is 12.3. The van der Waals surface area contributed by atoms with Gasteiger partial charge in [-0.15, -0.1) is 0 Å². The second-order valence-electron chi connectivity index (χ2n) is 5.86. The molecule has 1 unspecified atom stereocenters. The Balaban J connectivity index is 2.04. The van der Waals surface area contributed by atoms with E-state index in [4.69, 9.17) is 9.47 Å². The molecular weight excluding hydrogens is 322 g/mol. The molecule has 2 atom stereocenters. The van der Waals surface area contributed by atoms with E-state index in [9.17, 15) is 9.59 Å². The molecule has 0 aliphatic carbocycles. The van der Waals surface area contributed by atoms with Gasteiger partial charge in [0.2, 0.25) is 0 Å². The summed E-state index contributed by atoms with van der Waals surface area (Å²) in [5.74, 6) is -0.744. The van der Waals surface area contributed by atoms with E-state index in [-0.39, 0.29) is 12.6 Å². The fraction of sp³-hybridized carbons (Fsp3) is 0.500. The standard InChI is InChI=1S/C18H25N3O4/c1-3-24-17(22)15-13-21(12-14-8-6-5-7-9-14)11-10-16(15)19-20-18(23)25-4-2/h5-9,15H,3-4,10-13H2,1-2H3,(H,20,23)/p+1/b19-16-/t15-/m1/s1. The lowest BCUT2D eigenvalue weighted by molar-refractivity contribution is -0.917. The molecule has 0 radical (unpaired) electrons. The lowest BCUT2D eigenvalue weighted by Gasteiger charge is -2.29. The first kappa shape index (κ1) is 18.9. The molecule has 0 saturated carbocycles. The minimum Gasteiger partial charge on any atom is -0.465 e. The maximum absolute atomic E-state index is 12.3. The highest BCUT2D eigenvalue weighted by atomic mass is 16.6. The fourth-order valence-electron chi connectivity index (χ4n) is 2.91. The van der Waals surface area contributed by atoms with Crippen LogP contribution in [0.3, 0.4) is 0 Å². The van der Waals surface area contributed by atoms with Crippen LogP contribution >= 0.6 is 0 Å². The van der Waals surface area contributed by atoms with E-state index in [2.05, 4.69) is 22.7 Å². The second-order valence-corrected chi connectivity index (χ2v) is 5.86. The normalized spacial score (nSPS) is 21.6. The number of rotatable bonds is 6. The number of benzene rings is 1. The van der Waals surface area contributed by atoms with Crippen LogP contribution in [0.15, 0.2) is 35.4 Å². The average molecular weight is 348 g/mol. The third-order valence-electron chi connectivity index (χ3n) is 4.06.